The minimum atomic E-state index is -0.326. The summed E-state index contributed by atoms with van der Waals surface area (Å²) in [7, 11) is 1.58. The molecule has 0 bridgehead atoms. The van der Waals surface area contributed by atoms with Gasteiger partial charge in [-0.05, 0) is 31.2 Å². The van der Waals surface area contributed by atoms with Gasteiger partial charge in [-0.2, -0.15) is 5.10 Å². The van der Waals surface area contributed by atoms with Crippen LogP contribution in [0, 0.1) is 12.7 Å². The zero-order valence-electron chi connectivity index (χ0n) is 8.44. The largest absolute Gasteiger partial charge is 0.350 e. The Morgan fingerprint density at radius 3 is 2.33 bits per heavy atom. The summed E-state index contributed by atoms with van der Waals surface area (Å²) in [5.74, 6) is 0.252. The lowest BCUT2D eigenvalue weighted by molar-refractivity contribution is 0.627. The lowest BCUT2D eigenvalue weighted by atomic mass is 10.3. The van der Waals surface area contributed by atoms with Crippen LogP contribution in [0.5, 0.6) is 0 Å². The second-order valence-corrected chi connectivity index (χ2v) is 3.27. The third-order valence-electron chi connectivity index (χ3n) is 2.17. The average Bonchev–Trinajstić information content (AvgIpc) is 2.44. The van der Waals surface area contributed by atoms with Crippen LogP contribution in [-0.4, -0.2) is 14.3 Å². The molecular weight excluding hydrogens is 197 g/mol. The SMILES string of the molecule is Cc1nn(C)c(=O)n1-c1ccc(F)cc1. The van der Waals surface area contributed by atoms with Gasteiger partial charge in [-0.1, -0.05) is 0 Å². The highest BCUT2D eigenvalue weighted by molar-refractivity contribution is 5.32. The molecule has 2 rings (SSSR count). The minimum Gasteiger partial charge on any atom is -0.247 e. The highest BCUT2D eigenvalue weighted by Crippen LogP contribution is 2.07. The van der Waals surface area contributed by atoms with Crippen molar-refractivity contribution in [2.24, 2.45) is 7.05 Å². The molecule has 0 saturated carbocycles. The zero-order chi connectivity index (χ0) is 11.0. The van der Waals surface area contributed by atoms with Crippen molar-refractivity contribution in [3.8, 4) is 5.69 Å². The highest BCUT2D eigenvalue weighted by Gasteiger charge is 2.08. The molecule has 0 spiro atoms. The van der Waals surface area contributed by atoms with Crippen molar-refractivity contribution >= 4 is 0 Å². The third-order valence-corrected chi connectivity index (χ3v) is 2.17. The first-order valence-electron chi connectivity index (χ1n) is 4.48. The van der Waals surface area contributed by atoms with E-state index in [9.17, 15) is 9.18 Å². The summed E-state index contributed by atoms with van der Waals surface area (Å²) in [6.45, 7) is 1.73. The van der Waals surface area contributed by atoms with Crippen molar-refractivity contribution in [1.82, 2.24) is 14.3 Å². The molecule has 0 N–H and O–H groups in total. The Balaban J connectivity index is 2.64. The van der Waals surface area contributed by atoms with E-state index in [0.717, 1.165) is 0 Å². The molecular formula is C10H10FN3O. The van der Waals surface area contributed by atoms with E-state index in [1.54, 1.807) is 26.1 Å². The fourth-order valence-corrected chi connectivity index (χ4v) is 1.48. The Labute approximate surface area is 85.6 Å². The van der Waals surface area contributed by atoms with Crippen LogP contribution in [0.2, 0.25) is 0 Å². The van der Waals surface area contributed by atoms with E-state index in [1.807, 2.05) is 0 Å². The Morgan fingerprint density at radius 1 is 1.27 bits per heavy atom. The molecule has 0 amide bonds. The maximum absolute atomic E-state index is 12.7. The number of nitrogens with zero attached hydrogens (tertiary/aromatic N) is 3. The van der Waals surface area contributed by atoms with Gasteiger partial charge in [0, 0.05) is 7.05 Å². The van der Waals surface area contributed by atoms with Gasteiger partial charge in [-0.15, -0.1) is 0 Å². The second-order valence-electron chi connectivity index (χ2n) is 3.27. The summed E-state index contributed by atoms with van der Waals surface area (Å²) in [6.07, 6.45) is 0. The predicted molar refractivity (Wildman–Crippen MR) is 53.5 cm³/mol. The molecule has 0 unspecified atom stereocenters. The molecule has 5 heteroatoms. The molecule has 0 saturated heterocycles. The van der Waals surface area contributed by atoms with Crippen LogP contribution in [0.3, 0.4) is 0 Å². The van der Waals surface area contributed by atoms with Gasteiger partial charge in [0.15, 0.2) is 0 Å². The number of hydrogen-bond acceptors (Lipinski definition) is 2. The van der Waals surface area contributed by atoms with Crippen LogP contribution in [0.1, 0.15) is 5.82 Å². The summed E-state index contributed by atoms with van der Waals surface area (Å²) < 4.78 is 15.4. The van der Waals surface area contributed by atoms with E-state index in [0.29, 0.717) is 11.5 Å². The third kappa shape index (κ3) is 1.56. The zero-order valence-corrected chi connectivity index (χ0v) is 8.44. The van der Waals surface area contributed by atoms with Crippen molar-refractivity contribution < 1.29 is 4.39 Å². The number of hydrogen-bond donors (Lipinski definition) is 0. The lowest BCUT2D eigenvalue weighted by Gasteiger charge is -2.01. The molecule has 0 aliphatic heterocycles. The smallest absolute Gasteiger partial charge is 0.247 e. The molecule has 1 aromatic heterocycles. The number of aromatic nitrogens is 3. The van der Waals surface area contributed by atoms with Gasteiger partial charge >= 0.3 is 5.69 Å². The van der Waals surface area contributed by atoms with Crippen LogP contribution in [0.15, 0.2) is 29.1 Å². The van der Waals surface area contributed by atoms with E-state index in [1.165, 1.54) is 21.4 Å². The van der Waals surface area contributed by atoms with Crippen molar-refractivity contribution in [1.29, 1.82) is 0 Å². The number of benzene rings is 1. The predicted octanol–water partition coefficient (Wildman–Crippen LogP) is 1.02. The molecule has 1 heterocycles. The maximum atomic E-state index is 12.7. The highest BCUT2D eigenvalue weighted by atomic mass is 19.1. The van der Waals surface area contributed by atoms with E-state index >= 15 is 0 Å². The Hall–Kier alpha value is -1.91. The Bertz CT molecular complexity index is 539. The number of rotatable bonds is 1. The lowest BCUT2D eigenvalue weighted by Crippen LogP contribution is -2.21. The topological polar surface area (TPSA) is 39.8 Å². The van der Waals surface area contributed by atoms with Crippen molar-refractivity contribution in [3.63, 3.8) is 0 Å². The van der Waals surface area contributed by atoms with Crippen LogP contribution in [0.25, 0.3) is 5.69 Å². The van der Waals surface area contributed by atoms with E-state index < -0.39 is 0 Å². The van der Waals surface area contributed by atoms with E-state index in [4.69, 9.17) is 0 Å². The molecule has 4 nitrogen and oxygen atoms in total. The normalized spacial score (nSPS) is 10.6. The molecule has 1 aromatic carbocycles. The summed E-state index contributed by atoms with van der Waals surface area (Å²) in [6, 6.07) is 5.72. The van der Waals surface area contributed by atoms with Crippen molar-refractivity contribution in [2.75, 3.05) is 0 Å². The van der Waals surface area contributed by atoms with Gasteiger partial charge < -0.3 is 0 Å². The standard InChI is InChI=1S/C10H10FN3O/c1-7-12-13(2)10(15)14(7)9-5-3-8(11)4-6-9/h3-6H,1-2H3. The molecule has 0 aliphatic rings. The van der Waals surface area contributed by atoms with Gasteiger partial charge in [0.2, 0.25) is 0 Å². The fourth-order valence-electron chi connectivity index (χ4n) is 1.48. The summed E-state index contributed by atoms with van der Waals surface area (Å²) in [5, 5.41) is 3.98. The van der Waals surface area contributed by atoms with Crippen molar-refractivity contribution in [2.45, 2.75) is 6.92 Å². The van der Waals surface area contributed by atoms with Gasteiger partial charge in [0.05, 0.1) is 5.69 Å². The number of aryl methyl sites for hydroxylation is 2. The molecule has 78 valence electrons. The van der Waals surface area contributed by atoms with E-state index in [2.05, 4.69) is 5.10 Å². The Kier molecular flexibility index (Phi) is 2.15. The minimum absolute atomic E-state index is 0.237. The monoisotopic (exact) mass is 207 g/mol. The maximum Gasteiger partial charge on any atom is 0.350 e. The first kappa shape index (κ1) is 9.64. The summed E-state index contributed by atoms with van der Waals surface area (Å²) in [4.78, 5) is 11.6. The molecule has 0 aliphatic carbocycles. The van der Waals surface area contributed by atoms with Crippen LogP contribution in [0.4, 0.5) is 4.39 Å². The van der Waals surface area contributed by atoms with Crippen LogP contribution < -0.4 is 5.69 Å². The van der Waals surface area contributed by atoms with Gasteiger partial charge in [0.1, 0.15) is 11.6 Å². The quantitative estimate of drug-likeness (QED) is 0.700. The molecule has 2 aromatic rings. The number of halogens is 1. The van der Waals surface area contributed by atoms with Gasteiger partial charge in [-0.25, -0.2) is 18.4 Å². The molecule has 0 radical (unpaired) electrons. The van der Waals surface area contributed by atoms with Crippen molar-refractivity contribution in [3.05, 3.63) is 46.4 Å². The second kappa shape index (κ2) is 3.34. The van der Waals surface area contributed by atoms with Gasteiger partial charge in [-0.3, -0.25) is 0 Å². The first-order valence-corrected chi connectivity index (χ1v) is 4.48. The van der Waals surface area contributed by atoms with Crippen LogP contribution >= 0.6 is 0 Å². The molecule has 0 fully saturated rings. The molecule has 15 heavy (non-hydrogen) atoms. The molecule has 0 atom stereocenters. The summed E-state index contributed by atoms with van der Waals surface area (Å²) >= 11 is 0. The fraction of sp³-hybridized carbons (Fsp3) is 0.200. The summed E-state index contributed by atoms with van der Waals surface area (Å²) in [5.41, 5.74) is 0.381. The first-order chi connectivity index (χ1) is 7.09. The van der Waals surface area contributed by atoms with Gasteiger partial charge in [0.25, 0.3) is 0 Å². The Morgan fingerprint density at radius 2 is 1.87 bits per heavy atom. The van der Waals surface area contributed by atoms with E-state index in [-0.39, 0.29) is 11.5 Å². The van der Waals surface area contributed by atoms with Crippen LogP contribution in [-0.2, 0) is 7.05 Å². The average molecular weight is 207 g/mol.